The fourth-order valence-corrected chi connectivity index (χ4v) is 3.55. The third kappa shape index (κ3) is 5.41. The van der Waals surface area contributed by atoms with Crippen LogP contribution in [-0.4, -0.2) is 48.8 Å². The Morgan fingerprint density at radius 3 is 2.58 bits per heavy atom. The van der Waals surface area contributed by atoms with Crippen molar-refractivity contribution in [2.45, 2.75) is 58.0 Å². The van der Waals surface area contributed by atoms with E-state index in [2.05, 4.69) is 17.1 Å². The van der Waals surface area contributed by atoms with Gasteiger partial charge in [-0.1, -0.05) is 26.2 Å². The molecule has 1 saturated heterocycles. The highest BCUT2D eigenvalue weighted by Gasteiger charge is 2.20. The second kappa shape index (κ2) is 8.23. The van der Waals surface area contributed by atoms with E-state index in [1.807, 2.05) is 0 Å². The molecule has 2 rings (SSSR count). The molecule has 19 heavy (non-hydrogen) atoms. The van der Waals surface area contributed by atoms with Crippen LogP contribution < -0.4 is 5.32 Å². The second-order valence-electron chi connectivity index (χ2n) is 6.65. The van der Waals surface area contributed by atoms with Gasteiger partial charge in [-0.05, 0) is 57.2 Å². The third-order valence-electron chi connectivity index (χ3n) is 5.08. The van der Waals surface area contributed by atoms with Crippen LogP contribution in [0.1, 0.15) is 51.9 Å². The van der Waals surface area contributed by atoms with Crippen LogP contribution in [0.25, 0.3) is 0 Å². The summed E-state index contributed by atoms with van der Waals surface area (Å²) in [6.45, 7) is 8.16. The summed E-state index contributed by atoms with van der Waals surface area (Å²) < 4.78 is 0. The number of nitrogens with one attached hydrogen (secondary N) is 1. The van der Waals surface area contributed by atoms with E-state index in [0.717, 1.165) is 44.3 Å². The lowest BCUT2D eigenvalue weighted by atomic mass is 9.80. The maximum atomic E-state index is 9.47. The van der Waals surface area contributed by atoms with Crippen LogP contribution in [0.15, 0.2) is 0 Å². The molecule has 2 fully saturated rings. The van der Waals surface area contributed by atoms with Gasteiger partial charge in [0.05, 0.1) is 6.10 Å². The maximum absolute atomic E-state index is 9.47. The van der Waals surface area contributed by atoms with E-state index in [0.29, 0.717) is 0 Å². The average Bonchev–Trinajstić information content (AvgIpc) is 2.42. The van der Waals surface area contributed by atoms with E-state index in [1.54, 1.807) is 0 Å². The first-order valence-corrected chi connectivity index (χ1v) is 8.37. The Bertz CT molecular complexity index is 239. The third-order valence-corrected chi connectivity index (χ3v) is 5.08. The molecule has 0 aromatic rings. The highest BCUT2D eigenvalue weighted by molar-refractivity contribution is 4.74. The van der Waals surface area contributed by atoms with Crippen LogP contribution in [0, 0.1) is 11.8 Å². The Hall–Kier alpha value is -0.120. The topological polar surface area (TPSA) is 35.5 Å². The Labute approximate surface area is 118 Å². The van der Waals surface area contributed by atoms with Gasteiger partial charge in [0.25, 0.3) is 0 Å². The van der Waals surface area contributed by atoms with Crippen LogP contribution >= 0.6 is 0 Å². The average molecular weight is 268 g/mol. The normalized spacial score (nSPS) is 30.6. The van der Waals surface area contributed by atoms with Gasteiger partial charge in [0.15, 0.2) is 0 Å². The molecule has 0 aromatic heterocycles. The van der Waals surface area contributed by atoms with Crippen molar-refractivity contribution in [1.29, 1.82) is 0 Å². The second-order valence-corrected chi connectivity index (χ2v) is 6.65. The summed E-state index contributed by atoms with van der Waals surface area (Å²) in [4.78, 5) is 2.50. The van der Waals surface area contributed by atoms with Crippen LogP contribution in [0.5, 0.6) is 0 Å². The summed E-state index contributed by atoms with van der Waals surface area (Å²) in [7, 11) is 0. The molecule has 0 amide bonds. The van der Waals surface area contributed by atoms with E-state index in [9.17, 15) is 5.11 Å². The van der Waals surface area contributed by atoms with Crippen molar-refractivity contribution in [1.82, 2.24) is 10.2 Å². The summed E-state index contributed by atoms with van der Waals surface area (Å²) in [5, 5.41) is 13.1. The molecule has 0 spiro atoms. The molecular formula is C16H32N2O. The molecule has 1 saturated carbocycles. The standard InChI is InChI=1S/C16H32N2O/c1-14-5-2-3-6-15(14)13-17-9-4-10-18-11-7-16(19)8-12-18/h14-17,19H,2-13H2,1H3/t14-,15-/m1/s1. The summed E-state index contributed by atoms with van der Waals surface area (Å²) >= 11 is 0. The Kier molecular flexibility index (Phi) is 6.62. The number of likely N-dealkylation sites (tertiary alicyclic amines) is 1. The van der Waals surface area contributed by atoms with E-state index < -0.39 is 0 Å². The molecule has 1 aliphatic heterocycles. The van der Waals surface area contributed by atoms with Gasteiger partial charge in [-0.15, -0.1) is 0 Å². The fraction of sp³-hybridized carbons (Fsp3) is 1.00. The Morgan fingerprint density at radius 1 is 1.11 bits per heavy atom. The van der Waals surface area contributed by atoms with Gasteiger partial charge in [0.2, 0.25) is 0 Å². The van der Waals surface area contributed by atoms with E-state index >= 15 is 0 Å². The predicted octanol–water partition coefficient (Wildman–Crippen LogP) is 2.25. The molecule has 2 N–H and O–H groups in total. The van der Waals surface area contributed by atoms with Crippen molar-refractivity contribution < 1.29 is 5.11 Å². The lowest BCUT2D eigenvalue weighted by molar-refractivity contribution is 0.0820. The van der Waals surface area contributed by atoms with Crippen molar-refractivity contribution in [2.24, 2.45) is 11.8 Å². The number of aliphatic hydroxyl groups excluding tert-OH is 1. The molecule has 1 heterocycles. The summed E-state index contributed by atoms with van der Waals surface area (Å²) in [5.74, 6) is 1.84. The van der Waals surface area contributed by atoms with Crippen molar-refractivity contribution in [3.05, 3.63) is 0 Å². The van der Waals surface area contributed by atoms with Gasteiger partial charge >= 0.3 is 0 Å². The van der Waals surface area contributed by atoms with Crippen LogP contribution in [-0.2, 0) is 0 Å². The number of hydrogen-bond donors (Lipinski definition) is 2. The molecule has 0 bridgehead atoms. The number of aliphatic hydroxyl groups is 1. The van der Waals surface area contributed by atoms with Crippen molar-refractivity contribution in [3.8, 4) is 0 Å². The highest BCUT2D eigenvalue weighted by atomic mass is 16.3. The van der Waals surface area contributed by atoms with Gasteiger partial charge in [-0.3, -0.25) is 0 Å². The van der Waals surface area contributed by atoms with E-state index in [1.165, 1.54) is 45.2 Å². The minimum atomic E-state index is -0.0397. The monoisotopic (exact) mass is 268 g/mol. The number of rotatable bonds is 6. The molecule has 1 aliphatic carbocycles. The molecule has 0 aromatic carbocycles. The van der Waals surface area contributed by atoms with E-state index in [-0.39, 0.29) is 6.10 Å². The first-order chi connectivity index (χ1) is 9.25. The lowest BCUT2D eigenvalue weighted by Gasteiger charge is -2.30. The molecule has 2 aliphatic rings. The van der Waals surface area contributed by atoms with Gasteiger partial charge in [0.1, 0.15) is 0 Å². The molecule has 112 valence electrons. The zero-order chi connectivity index (χ0) is 13.5. The van der Waals surface area contributed by atoms with Gasteiger partial charge in [-0.2, -0.15) is 0 Å². The van der Waals surface area contributed by atoms with E-state index in [4.69, 9.17) is 0 Å². The SMILES string of the molecule is C[C@@H]1CCCC[C@@H]1CNCCCN1CCC(O)CC1. The van der Waals surface area contributed by atoms with Gasteiger partial charge in [-0.25, -0.2) is 0 Å². The Balaban J connectivity index is 1.48. The molecule has 0 radical (unpaired) electrons. The van der Waals surface area contributed by atoms with Gasteiger partial charge in [0, 0.05) is 13.1 Å². The minimum absolute atomic E-state index is 0.0397. The summed E-state index contributed by atoms with van der Waals surface area (Å²) in [5.41, 5.74) is 0. The summed E-state index contributed by atoms with van der Waals surface area (Å²) in [6, 6.07) is 0. The smallest absolute Gasteiger partial charge is 0.0564 e. The molecule has 3 nitrogen and oxygen atoms in total. The first kappa shape index (κ1) is 15.3. The van der Waals surface area contributed by atoms with Crippen LogP contribution in [0.3, 0.4) is 0 Å². The first-order valence-electron chi connectivity index (χ1n) is 8.37. The maximum Gasteiger partial charge on any atom is 0.0564 e. The zero-order valence-corrected chi connectivity index (χ0v) is 12.6. The molecule has 2 atom stereocenters. The highest BCUT2D eigenvalue weighted by Crippen LogP contribution is 2.28. The molecular weight excluding hydrogens is 236 g/mol. The lowest BCUT2D eigenvalue weighted by Crippen LogP contribution is -2.37. The van der Waals surface area contributed by atoms with Crippen LogP contribution in [0.2, 0.25) is 0 Å². The quantitative estimate of drug-likeness (QED) is 0.725. The Morgan fingerprint density at radius 2 is 1.84 bits per heavy atom. The van der Waals surface area contributed by atoms with Crippen LogP contribution in [0.4, 0.5) is 0 Å². The molecule has 3 heteroatoms. The van der Waals surface area contributed by atoms with Crippen molar-refractivity contribution >= 4 is 0 Å². The predicted molar refractivity (Wildman–Crippen MR) is 80.3 cm³/mol. The summed E-state index contributed by atoms with van der Waals surface area (Å²) in [6.07, 6.45) is 8.88. The van der Waals surface area contributed by atoms with Crippen molar-refractivity contribution in [3.63, 3.8) is 0 Å². The minimum Gasteiger partial charge on any atom is -0.393 e. The van der Waals surface area contributed by atoms with Gasteiger partial charge < -0.3 is 15.3 Å². The zero-order valence-electron chi connectivity index (χ0n) is 12.6. The van der Waals surface area contributed by atoms with Crippen molar-refractivity contribution in [2.75, 3.05) is 32.7 Å². The fourth-order valence-electron chi connectivity index (χ4n) is 3.55. The number of hydrogen-bond acceptors (Lipinski definition) is 3. The number of nitrogens with zero attached hydrogens (tertiary/aromatic N) is 1. The number of piperidine rings is 1. The molecule has 0 unspecified atom stereocenters. The largest absolute Gasteiger partial charge is 0.393 e.